The molecule has 0 saturated carbocycles. The second-order valence-corrected chi connectivity index (χ2v) is 3.35. The van der Waals surface area contributed by atoms with E-state index >= 15 is 0 Å². The Hall–Kier alpha value is -1.34. The predicted molar refractivity (Wildman–Crippen MR) is 55.3 cm³/mol. The van der Waals surface area contributed by atoms with E-state index in [4.69, 9.17) is 11.6 Å². The Bertz CT molecular complexity index is 429. The van der Waals surface area contributed by atoms with Crippen molar-refractivity contribution in [1.29, 1.82) is 0 Å². The van der Waals surface area contributed by atoms with Crippen molar-refractivity contribution in [3.8, 4) is 17.6 Å². The molecule has 0 amide bonds. The molecule has 0 unspecified atom stereocenters. The van der Waals surface area contributed by atoms with Crippen LogP contribution in [0.1, 0.15) is 17.5 Å². The van der Waals surface area contributed by atoms with Crippen LogP contribution >= 0.6 is 11.6 Å². The fourth-order valence-corrected chi connectivity index (χ4v) is 1.11. The summed E-state index contributed by atoms with van der Waals surface area (Å²) in [6.45, 7) is 0. The molecule has 0 atom stereocenters. The van der Waals surface area contributed by atoms with Crippen molar-refractivity contribution in [2.75, 3.05) is 5.88 Å². The van der Waals surface area contributed by atoms with Crippen LogP contribution in [0.2, 0.25) is 0 Å². The lowest BCUT2D eigenvalue weighted by Crippen LogP contribution is -2.04. The van der Waals surface area contributed by atoms with Gasteiger partial charge in [0.05, 0.1) is 11.1 Å². The molecule has 0 aliphatic carbocycles. The number of hydrogen-bond donors (Lipinski definition) is 1. The first-order valence-corrected chi connectivity index (χ1v) is 4.93. The van der Waals surface area contributed by atoms with E-state index in [-0.39, 0.29) is 11.3 Å². The zero-order valence-corrected chi connectivity index (χ0v) is 8.86. The van der Waals surface area contributed by atoms with Crippen molar-refractivity contribution >= 4 is 11.6 Å². The minimum atomic E-state index is -4.43. The van der Waals surface area contributed by atoms with Gasteiger partial charge >= 0.3 is 6.18 Å². The second-order valence-electron chi connectivity index (χ2n) is 2.97. The van der Waals surface area contributed by atoms with Crippen molar-refractivity contribution in [2.45, 2.75) is 12.6 Å². The largest absolute Gasteiger partial charge is 0.507 e. The third kappa shape index (κ3) is 3.35. The van der Waals surface area contributed by atoms with Crippen molar-refractivity contribution in [1.82, 2.24) is 0 Å². The third-order valence-corrected chi connectivity index (χ3v) is 1.96. The molecule has 1 N–H and O–H groups in total. The van der Waals surface area contributed by atoms with Crippen LogP contribution in [0.5, 0.6) is 5.75 Å². The molecule has 86 valence electrons. The Labute approximate surface area is 95.8 Å². The zero-order valence-electron chi connectivity index (χ0n) is 8.11. The highest BCUT2D eigenvalue weighted by molar-refractivity contribution is 6.18. The smallest absolute Gasteiger partial charge is 0.416 e. The number of alkyl halides is 4. The number of rotatable bonds is 1. The fourth-order valence-electron chi connectivity index (χ4n) is 1.02. The number of aromatic hydroxyl groups is 1. The van der Waals surface area contributed by atoms with E-state index in [9.17, 15) is 18.3 Å². The normalized spacial score (nSPS) is 10.8. The maximum absolute atomic E-state index is 12.3. The summed E-state index contributed by atoms with van der Waals surface area (Å²) in [5.74, 6) is 5.03. The van der Waals surface area contributed by atoms with E-state index in [1.807, 2.05) is 0 Å². The third-order valence-electron chi connectivity index (χ3n) is 1.77. The van der Waals surface area contributed by atoms with Gasteiger partial charge in [0.15, 0.2) is 0 Å². The molecule has 0 aliphatic rings. The average Bonchev–Trinajstić information content (AvgIpc) is 2.19. The van der Waals surface area contributed by atoms with Gasteiger partial charge in [-0.25, -0.2) is 0 Å². The average molecular weight is 249 g/mol. The van der Waals surface area contributed by atoms with Gasteiger partial charge in [-0.1, -0.05) is 11.8 Å². The van der Waals surface area contributed by atoms with Gasteiger partial charge in [-0.15, -0.1) is 11.6 Å². The second kappa shape index (κ2) is 5.13. The number of phenols is 1. The van der Waals surface area contributed by atoms with Crippen molar-refractivity contribution in [3.05, 3.63) is 29.3 Å². The van der Waals surface area contributed by atoms with E-state index < -0.39 is 11.7 Å². The Kier molecular flexibility index (Phi) is 4.08. The molecular formula is C11H8ClF3O. The quantitative estimate of drug-likeness (QED) is 0.597. The standard InChI is InChI=1S/C11H8ClF3O/c12-6-2-1-3-8-7-9(11(13,14)15)4-5-10(8)16/h4-5,7,16H,2,6H2. The number of hydrogen-bond acceptors (Lipinski definition) is 1. The van der Waals surface area contributed by atoms with Crippen LogP contribution in [0, 0.1) is 11.8 Å². The minimum absolute atomic E-state index is 0.0417. The van der Waals surface area contributed by atoms with Crippen LogP contribution in [-0.2, 0) is 6.18 Å². The van der Waals surface area contributed by atoms with E-state index in [0.717, 1.165) is 18.2 Å². The van der Waals surface area contributed by atoms with Crippen LogP contribution in [-0.4, -0.2) is 11.0 Å². The lowest BCUT2D eigenvalue weighted by Gasteiger charge is -2.07. The molecule has 1 rings (SSSR count). The van der Waals surface area contributed by atoms with Crippen LogP contribution < -0.4 is 0 Å². The van der Waals surface area contributed by atoms with Gasteiger partial charge in [0.1, 0.15) is 5.75 Å². The van der Waals surface area contributed by atoms with Gasteiger partial charge in [0.2, 0.25) is 0 Å². The first-order valence-electron chi connectivity index (χ1n) is 4.40. The van der Waals surface area contributed by atoms with E-state index in [2.05, 4.69) is 11.8 Å². The van der Waals surface area contributed by atoms with Gasteiger partial charge in [0.25, 0.3) is 0 Å². The molecule has 0 aromatic heterocycles. The van der Waals surface area contributed by atoms with E-state index in [0.29, 0.717) is 12.3 Å². The first kappa shape index (κ1) is 12.7. The molecule has 0 spiro atoms. The number of halogens is 4. The van der Waals surface area contributed by atoms with E-state index in [1.54, 1.807) is 0 Å². The van der Waals surface area contributed by atoms with Gasteiger partial charge < -0.3 is 5.11 Å². The fraction of sp³-hybridized carbons (Fsp3) is 0.273. The first-order chi connectivity index (χ1) is 7.45. The maximum Gasteiger partial charge on any atom is 0.416 e. The van der Waals surface area contributed by atoms with Gasteiger partial charge in [-0.3, -0.25) is 0 Å². The lowest BCUT2D eigenvalue weighted by atomic mass is 10.1. The summed E-state index contributed by atoms with van der Waals surface area (Å²) >= 11 is 5.37. The van der Waals surface area contributed by atoms with Crippen molar-refractivity contribution in [2.24, 2.45) is 0 Å². The van der Waals surface area contributed by atoms with Crippen LogP contribution in [0.25, 0.3) is 0 Å². The molecule has 1 nitrogen and oxygen atoms in total. The summed E-state index contributed by atoms with van der Waals surface area (Å²) in [5, 5.41) is 9.30. The molecule has 1 aromatic rings. The topological polar surface area (TPSA) is 20.2 Å². The Morgan fingerprint density at radius 3 is 2.56 bits per heavy atom. The Balaban J connectivity index is 3.06. The van der Waals surface area contributed by atoms with Crippen molar-refractivity contribution < 1.29 is 18.3 Å². The SMILES string of the molecule is Oc1ccc(C(F)(F)F)cc1C#CCCCl. The molecular weight excluding hydrogens is 241 g/mol. The van der Waals surface area contributed by atoms with E-state index in [1.165, 1.54) is 0 Å². The summed E-state index contributed by atoms with van der Waals surface area (Å²) in [6.07, 6.45) is -4.08. The summed E-state index contributed by atoms with van der Waals surface area (Å²) < 4.78 is 37.0. The van der Waals surface area contributed by atoms with Crippen molar-refractivity contribution in [3.63, 3.8) is 0 Å². The molecule has 0 bridgehead atoms. The predicted octanol–water partition coefficient (Wildman–Crippen LogP) is 3.39. The molecule has 1 aromatic carbocycles. The summed E-state index contributed by atoms with van der Waals surface area (Å²) in [5.41, 5.74) is -0.875. The minimum Gasteiger partial charge on any atom is -0.507 e. The molecule has 0 saturated heterocycles. The van der Waals surface area contributed by atoms with Gasteiger partial charge in [-0.2, -0.15) is 13.2 Å². The van der Waals surface area contributed by atoms with Crippen LogP contribution in [0.3, 0.4) is 0 Å². The van der Waals surface area contributed by atoms with Crippen LogP contribution in [0.4, 0.5) is 13.2 Å². The summed E-state index contributed by atoms with van der Waals surface area (Å²) in [6, 6.07) is 2.60. The lowest BCUT2D eigenvalue weighted by molar-refractivity contribution is -0.137. The van der Waals surface area contributed by atoms with Gasteiger partial charge in [0, 0.05) is 12.3 Å². The molecule has 0 radical (unpaired) electrons. The molecule has 0 heterocycles. The highest BCUT2D eigenvalue weighted by atomic mass is 35.5. The monoisotopic (exact) mass is 248 g/mol. The molecule has 0 fully saturated rings. The van der Waals surface area contributed by atoms with Crippen LogP contribution in [0.15, 0.2) is 18.2 Å². The Morgan fingerprint density at radius 1 is 1.31 bits per heavy atom. The Morgan fingerprint density at radius 2 is 2.00 bits per heavy atom. The molecule has 0 aliphatic heterocycles. The molecule has 5 heteroatoms. The zero-order chi connectivity index (χ0) is 12.2. The molecule has 16 heavy (non-hydrogen) atoms. The highest BCUT2D eigenvalue weighted by Gasteiger charge is 2.30. The highest BCUT2D eigenvalue weighted by Crippen LogP contribution is 2.31. The number of phenolic OH excluding ortho intramolecular Hbond substituents is 1. The summed E-state index contributed by atoms with van der Waals surface area (Å²) in [4.78, 5) is 0. The summed E-state index contributed by atoms with van der Waals surface area (Å²) in [7, 11) is 0. The maximum atomic E-state index is 12.3. The van der Waals surface area contributed by atoms with Gasteiger partial charge in [-0.05, 0) is 18.2 Å². The number of benzene rings is 1.